The molecule has 1 aromatic heterocycles. The lowest BCUT2D eigenvalue weighted by molar-refractivity contribution is -0.131. The molecule has 0 aromatic carbocycles. The van der Waals surface area contributed by atoms with Crippen molar-refractivity contribution in [1.82, 2.24) is 15.2 Å². The molecule has 0 saturated carbocycles. The smallest absolute Gasteiger partial charge is 0.227 e. The van der Waals surface area contributed by atoms with E-state index in [1.54, 1.807) is 0 Å². The van der Waals surface area contributed by atoms with Gasteiger partial charge in [-0.05, 0) is 31.2 Å². The summed E-state index contributed by atoms with van der Waals surface area (Å²) in [5.41, 5.74) is 3.22. The van der Waals surface area contributed by atoms with Crippen LogP contribution in [0.3, 0.4) is 0 Å². The van der Waals surface area contributed by atoms with Crippen LogP contribution in [0.1, 0.15) is 22.4 Å². The van der Waals surface area contributed by atoms with Crippen LogP contribution in [0.4, 0.5) is 0 Å². The maximum Gasteiger partial charge on any atom is 0.227 e. The van der Waals surface area contributed by atoms with Crippen LogP contribution in [0, 0.1) is 25.2 Å². The second-order valence-corrected chi connectivity index (χ2v) is 5.90. The quantitative estimate of drug-likeness (QED) is 0.852. The monoisotopic (exact) mass is 304 g/mol. The average Bonchev–Trinajstić information content (AvgIpc) is 2.51. The van der Waals surface area contributed by atoms with Gasteiger partial charge >= 0.3 is 0 Å². The summed E-state index contributed by atoms with van der Waals surface area (Å²) in [7, 11) is 0. The minimum absolute atomic E-state index is 0.116. The zero-order valence-electron chi connectivity index (χ0n) is 12.7. The molecule has 0 unspecified atom stereocenters. The minimum atomic E-state index is 0.116. The first-order valence-corrected chi connectivity index (χ1v) is 8.23. The Morgan fingerprint density at radius 3 is 2.67 bits per heavy atom. The molecule has 0 bridgehead atoms. The summed E-state index contributed by atoms with van der Waals surface area (Å²) >= 11 is 1.47. The Labute approximate surface area is 129 Å². The van der Waals surface area contributed by atoms with Crippen molar-refractivity contribution in [3.05, 3.63) is 22.4 Å². The molecule has 0 spiro atoms. The molecule has 1 aliphatic rings. The van der Waals surface area contributed by atoms with E-state index in [-0.39, 0.29) is 5.91 Å². The molecule has 1 aliphatic heterocycles. The van der Waals surface area contributed by atoms with Gasteiger partial charge in [-0.25, -0.2) is 4.98 Å². The zero-order valence-corrected chi connectivity index (χ0v) is 13.5. The van der Waals surface area contributed by atoms with Crippen molar-refractivity contribution in [3.8, 4) is 6.07 Å². The number of carbonyl (C=O) groups excluding carboxylic acids is 1. The molecule has 1 aromatic rings. The number of aromatic nitrogens is 1. The molecule has 5 nitrogen and oxygen atoms in total. The Morgan fingerprint density at radius 2 is 2.10 bits per heavy atom. The van der Waals surface area contributed by atoms with E-state index in [2.05, 4.69) is 16.4 Å². The minimum Gasteiger partial charge on any atom is -0.340 e. The number of pyridine rings is 1. The number of nitriles is 1. The van der Waals surface area contributed by atoms with Crippen molar-refractivity contribution in [2.75, 3.05) is 32.4 Å². The maximum absolute atomic E-state index is 12.4. The van der Waals surface area contributed by atoms with Crippen molar-refractivity contribution >= 4 is 17.7 Å². The molecule has 0 aliphatic carbocycles. The van der Waals surface area contributed by atoms with Crippen molar-refractivity contribution < 1.29 is 4.79 Å². The number of piperazine rings is 1. The van der Waals surface area contributed by atoms with E-state index < -0.39 is 0 Å². The Balaban J connectivity index is 2.27. The molecule has 0 atom stereocenters. The van der Waals surface area contributed by atoms with Crippen LogP contribution in [-0.2, 0) is 11.2 Å². The second-order valence-electron chi connectivity index (χ2n) is 5.10. The summed E-state index contributed by atoms with van der Waals surface area (Å²) < 4.78 is 0. The lowest BCUT2D eigenvalue weighted by Crippen LogP contribution is -2.47. The van der Waals surface area contributed by atoms with Crippen molar-refractivity contribution in [2.24, 2.45) is 0 Å². The van der Waals surface area contributed by atoms with Crippen LogP contribution in [0.15, 0.2) is 5.03 Å². The predicted molar refractivity (Wildman–Crippen MR) is 83.4 cm³/mol. The van der Waals surface area contributed by atoms with Crippen molar-refractivity contribution in [2.45, 2.75) is 25.3 Å². The van der Waals surface area contributed by atoms with Gasteiger partial charge < -0.3 is 10.2 Å². The van der Waals surface area contributed by atoms with Gasteiger partial charge in [0.1, 0.15) is 11.1 Å². The number of hydrogen-bond acceptors (Lipinski definition) is 5. The molecule has 6 heteroatoms. The third kappa shape index (κ3) is 3.36. The first-order valence-electron chi connectivity index (χ1n) is 7.01. The van der Waals surface area contributed by atoms with E-state index in [0.717, 1.165) is 48.0 Å². The number of aryl methyl sites for hydroxylation is 1. The van der Waals surface area contributed by atoms with Gasteiger partial charge in [0, 0.05) is 31.9 Å². The molecule has 2 heterocycles. The van der Waals surface area contributed by atoms with E-state index in [4.69, 9.17) is 0 Å². The van der Waals surface area contributed by atoms with E-state index >= 15 is 0 Å². The average molecular weight is 304 g/mol. The van der Waals surface area contributed by atoms with Crippen LogP contribution in [0.2, 0.25) is 0 Å². The highest BCUT2D eigenvalue weighted by Gasteiger charge is 2.21. The molecule has 1 N–H and O–H groups in total. The number of nitrogens with zero attached hydrogens (tertiary/aromatic N) is 3. The van der Waals surface area contributed by atoms with E-state index in [1.165, 1.54) is 11.8 Å². The van der Waals surface area contributed by atoms with Gasteiger partial charge in [-0.1, -0.05) is 0 Å². The van der Waals surface area contributed by atoms with Gasteiger partial charge in [0.05, 0.1) is 12.0 Å². The van der Waals surface area contributed by atoms with Gasteiger partial charge in [0.25, 0.3) is 0 Å². The number of nitrogens with one attached hydrogen (secondary N) is 1. The van der Waals surface area contributed by atoms with E-state index in [1.807, 2.05) is 25.0 Å². The topological polar surface area (TPSA) is 69.0 Å². The third-order valence-corrected chi connectivity index (χ3v) is 4.53. The van der Waals surface area contributed by atoms with Gasteiger partial charge in [0.2, 0.25) is 5.91 Å². The third-order valence-electron chi connectivity index (χ3n) is 3.85. The summed E-state index contributed by atoms with van der Waals surface area (Å²) in [5, 5.41) is 13.3. The van der Waals surface area contributed by atoms with Crippen molar-refractivity contribution in [1.29, 1.82) is 5.26 Å². The van der Waals surface area contributed by atoms with E-state index in [0.29, 0.717) is 12.0 Å². The Hall–Kier alpha value is -1.58. The van der Waals surface area contributed by atoms with Crippen molar-refractivity contribution in [3.63, 3.8) is 0 Å². The van der Waals surface area contributed by atoms with Crippen LogP contribution < -0.4 is 5.32 Å². The summed E-state index contributed by atoms with van der Waals surface area (Å²) in [6.07, 6.45) is 2.24. The molecule has 112 valence electrons. The Kier molecular flexibility index (Phi) is 5.21. The fraction of sp³-hybridized carbons (Fsp3) is 0.533. The van der Waals surface area contributed by atoms with Crippen LogP contribution in [0.5, 0.6) is 0 Å². The molecule has 1 amide bonds. The fourth-order valence-electron chi connectivity index (χ4n) is 2.58. The van der Waals surface area contributed by atoms with Gasteiger partial charge in [-0.2, -0.15) is 5.26 Å². The summed E-state index contributed by atoms with van der Waals surface area (Å²) in [6, 6.07) is 2.22. The Morgan fingerprint density at radius 1 is 1.43 bits per heavy atom. The summed E-state index contributed by atoms with van der Waals surface area (Å²) in [6.45, 7) is 7.01. The number of hydrogen-bond donors (Lipinski definition) is 1. The predicted octanol–water partition coefficient (Wildman–Crippen LogP) is 1.27. The fourth-order valence-corrected chi connectivity index (χ4v) is 3.21. The highest BCUT2D eigenvalue weighted by molar-refractivity contribution is 7.98. The van der Waals surface area contributed by atoms with Crippen LogP contribution in [-0.4, -0.2) is 48.2 Å². The zero-order chi connectivity index (χ0) is 15.4. The SMILES string of the molecule is CSc1nc(C)c(CC(=O)N2CCNCC2)c(C)c1C#N. The van der Waals surface area contributed by atoms with Gasteiger partial charge in [-0.15, -0.1) is 11.8 Å². The van der Waals surface area contributed by atoms with E-state index in [9.17, 15) is 10.1 Å². The molecular formula is C15H20N4OS. The first kappa shape index (κ1) is 15.8. The number of rotatable bonds is 3. The molecular weight excluding hydrogens is 284 g/mol. The van der Waals surface area contributed by atoms with Gasteiger partial charge in [-0.3, -0.25) is 4.79 Å². The summed E-state index contributed by atoms with van der Waals surface area (Å²) in [5.74, 6) is 0.116. The highest BCUT2D eigenvalue weighted by atomic mass is 32.2. The lowest BCUT2D eigenvalue weighted by Gasteiger charge is -2.28. The second kappa shape index (κ2) is 6.92. The lowest BCUT2D eigenvalue weighted by atomic mass is 10.00. The largest absolute Gasteiger partial charge is 0.340 e. The van der Waals surface area contributed by atoms with Crippen LogP contribution in [0.25, 0.3) is 0 Å². The standard InChI is InChI=1S/C15H20N4OS/c1-10-12(8-14(20)19-6-4-17-5-7-19)11(2)18-15(21-3)13(10)9-16/h17H,4-8H2,1-3H3. The molecule has 1 fully saturated rings. The molecule has 1 saturated heterocycles. The number of thioether (sulfide) groups is 1. The molecule has 2 rings (SSSR count). The number of amides is 1. The molecule has 0 radical (unpaired) electrons. The normalized spacial score (nSPS) is 14.9. The highest BCUT2D eigenvalue weighted by Crippen LogP contribution is 2.25. The van der Waals surface area contributed by atoms with Gasteiger partial charge in [0.15, 0.2) is 0 Å². The van der Waals surface area contributed by atoms with Crippen LogP contribution >= 0.6 is 11.8 Å². The molecule has 21 heavy (non-hydrogen) atoms. The summed E-state index contributed by atoms with van der Waals surface area (Å²) in [4.78, 5) is 18.8. The first-order chi connectivity index (χ1) is 10.1. The number of carbonyl (C=O) groups is 1. The Bertz CT molecular complexity index is 588. The maximum atomic E-state index is 12.4.